The topological polar surface area (TPSA) is 93.2 Å². The number of fused-ring (bicyclic) bond motifs is 1. The van der Waals surface area contributed by atoms with Crippen LogP contribution in [0.3, 0.4) is 0 Å². The predicted molar refractivity (Wildman–Crippen MR) is 111 cm³/mol. The van der Waals surface area contributed by atoms with Gasteiger partial charge in [0.25, 0.3) is 5.91 Å². The van der Waals surface area contributed by atoms with Gasteiger partial charge in [-0.1, -0.05) is 12.1 Å². The van der Waals surface area contributed by atoms with Crippen LogP contribution in [0.1, 0.15) is 28.4 Å². The average Bonchev–Trinajstić information content (AvgIpc) is 3.21. The van der Waals surface area contributed by atoms with E-state index in [0.29, 0.717) is 41.7 Å². The standard InChI is InChI=1S/C21H24F2N4O4/c1-3-25-19(28)14-6-4-13(5-7-14)10-26-21(24-2)27-11-15-8-17-18(30-12-29-17)9-16(15)31-20(22)23/h4-9,20H,3,10-12H2,1-2H3,(H,25,28)(H2,24,26,27). The number of aliphatic imine (C=N–C) groups is 1. The zero-order chi connectivity index (χ0) is 22.2. The van der Waals surface area contributed by atoms with Crippen LogP contribution in [0, 0.1) is 0 Å². The fourth-order valence-electron chi connectivity index (χ4n) is 2.93. The summed E-state index contributed by atoms with van der Waals surface area (Å²) in [6.07, 6.45) is 0. The quantitative estimate of drug-likeness (QED) is 0.437. The minimum atomic E-state index is -2.96. The van der Waals surface area contributed by atoms with Gasteiger partial charge in [0.2, 0.25) is 6.79 Å². The minimum absolute atomic E-state index is 0.00291. The molecule has 1 heterocycles. The zero-order valence-electron chi connectivity index (χ0n) is 17.2. The number of hydrogen-bond donors (Lipinski definition) is 3. The second-order valence-corrected chi connectivity index (χ2v) is 6.53. The molecule has 2 aromatic rings. The van der Waals surface area contributed by atoms with Crippen molar-refractivity contribution >= 4 is 11.9 Å². The van der Waals surface area contributed by atoms with Crippen LogP contribution in [0.2, 0.25) is 0 Å². The highest BCUT2D eigenvalue weighted by molar-refractivity contribution is 5.94. The molecular weight excluding hydrogens is 410 g/mol. The maximum atomic E-state index is 12.8. The molecule has 10 heteroatoms. The third-order valence-corrected chi connectivity index (χ3v) is 4.46. The Bertz CT molecular complexity index is 936. The number of benzene rings is 2. The van der Waals surface area contributed by atoms with Crippen molar-refractivity contribution in [3.63, 3.8) is 0 Å². The van der Waals surface area contributed by atoms with E-state index in [0.717, 1.165) is 5.56 Å². The summed E-state index contributed by atoms with van der Waals surface area (Å²) in [6.45, 7) is 0.130. The Morgan fingerprint density at radius 2 is 1.77 bits per heavy atom. The van der Waals surface area contributed by atoms with E-state index in [2.05, 4.69) is 25.7 Å². The highest BCUT2D eigenvalue weighted by atomic mass is 19.3. The van der Waals surface area contributed by atoms with E-state index in [-0.39, 0.29) is 25.0 Å². The van der Waals surface area contributed by atoms with Gasteiger partial charge < -0.3 is 30.2 Å². The van der Waals surface area contributed by atoms with E-state index in [1.165, 1.54) is 6.07 Å². The van der Waals surface area contributed by atoms with Gasteiger partial charge in [0, 0.05) is 43.9 Å². The number of carbonyl (C=O) groups excluding carboxylic acids is 1. The van der Waals surface area contributed by atoms with E-state index >= 15 is 0 Å². The number of alkyl halides is 2. The normalized spacial score (nSPS) is 12.6. The fraction of sp³-hybridized carbons (Fsp3) is 0.333. The lowest BCUT2D eigenvalue weighted by Gasteiger charge is -2.15. The number of carbonyl (C=O) groups is 1. The molecule has 8 nitrogen and oxygen atoms in total. The summed E-state index contributed by atoms with van der Waals surface area (Å²) in [5.74, 6) is 1.17. The molecule has 0 spiro atoms. The molecule has 0 fully saturated rings. The molecule has 0 atom stereocenters. The number of amides is 1. The maximum Gasteiger partial charge on any atom is 0.387 e. The van der Waals surface area contributed by atoms with Gasteiger partial charge in [0.05, 0.1) is 0 Å². The molecule has 0 saturated heterocycles. The molecule has 166 valence electrons. The first kappa shape index (κ1) is 22.1. The molecule has 1 aliphatic rings. The van der Waals surface area contributed by atoms with Crippen molar-refractivity contribution in [1.29, 1.82) is 0 Å². The van der Waals surface area contributed by atoms with Crippen molar-refractivity contribution in [2.45, 2.75) is 26.6 Å². The number of rotatable bonds is 8. The van der Waals surface area contributed by atoms with Gasteiger partial charge in [0.1, 0.15) is 5.75 Å². The minimum Gasteiger partial charge on any atom is -0.454 e. The van der Waals surface area contributed by atoms with Gasteiger partial charge in [0.15, 0.2) is 17.5 Å². The summed E-state index contributed by atoms with van der Waals surface area (Å²) in [7, 11) is 1.60. The first-order valence-electron chi connectivity index (χ1n) is 9.69. The van der Waals surface area contributed by atoms with Gasteiger partial charge in [-0.2, -0.15) is 8.78 Å². The first-order chi connectivity index (χ1) is 15.0. The second kappa shape index (κ2) is 10.5. The van der Waals surface area contributed by atoms with Gasteiger partial charge in [-0.05, 0) is 30.7 Å². The number of halogens is 2. The van der Waals surface area contributed by atoms with Crippen LogP contribution in [-0.2, 0) is 13.1 Å². The largest absolute Gasteiger partial charge is 0.454 e. The number of nitrogens with one attached hydrogen (secondary N) is 3. The summed E-state index contributed by atoms with van der Waals surface area (Å²) in [6, 6.07) is 10.2. The van der Waals surface area contributed by atoms with Crippen LogP contribution < -0.4 is 30.2 Å². The lowest BCUT2D eigenvalue weighted by Crippen LogP contribution is -2.36. The van der Waals surface area contributed by atoms with E-state index in [1.807, 2.05) is 19.1 Å². The van der Waals surface area contributed by atoms with Crippen LogP contribution in [0.5, 0.6) is 17.2 Å². The van der Waals surface area contributed by atoms with Crippen molar-refractivity contribution in [1.82, 2.24) is 16.0 Å². The van der Waals surface area contributed by atoms with Gasteiger partial charge >= 0.3 is 6.61 Å². The third-order valence-electron chi connectivity index (χ3n) is 4.46. The molecule has 2 aromatic carbocycles. The predicted octanol–water partition coefficient (Wildman–Crippen LogP) is 2.63. The summed E-state index contributed by atoms with van der Waals surface area (Å²) in [4.78, 5) is 16.0. The van der Waals surface area contributed by atoms with Gasteiger partial charge in [-0.15, -0.1) is 0 Å². The molecule has 3 N–H and O–H groups in total. The molecule has 0 saturated carbocycles. The van der Waals surface area contributed by atoms with Crippen molar-refractivity contribution in [2.24, 2.45) is 4.99 Å². The third kappa shape index (κ3) is 5.97. The lowest BCUT2D eigenvalue weighted by molar-refractivity contribution is -0.0505. The Morgan fingerprint density at radius 1 is 1.10 bits per heavy atom. The summed E-state index contributed by atoms with van der Waals surface area (Å²) in [5.41, 5.74) is 2.00. The molecule has 0 bridgehead atoms. The highest BCUT2D eigenvalue weighted by Crippen LogP contribution is 2.38. The van der Waals surface area contributed by atoms with Crippen LogP contribution >= 0.6 is 0 Å². The van der Waals surface area contributed by atoms with Crippen LogP contribution in [0.15, 0.2) is 41.4 Å². The Hall–Kier alpha value is -3.56. The summed E-state index contributed by atoms with van der Waals surface area (Å²) in [5, 5.41) is 8.94. The van der Waals surface area contributed by atoms with Crippen molar-refractivity contribution in [3.05, 3.63) is 53.1 Å². The van der Waals surface area contributed by atoms with Crippen molar-refractivity contribution < 1.29 is 27.8 Å². The smallest absolute Gasteiger partial charge is 0.387 e. The first-order valence-corrected chi connectivity index (χ1v) is 9.69. The Morgan fingerprint density at radius 3 is 2.42 bits per heavy atom. The van der Waals surface area contributed by atoms with Crippen molar-refractivity contribution in [3.8, 4) is 17.2 Å². The number of ether oxygens (including phenoxy) is 3. The molecular formula is C21H24F2N4O4. The zero-order valence-corrected chi connectivity index (χ0v) is 17.2. The monoisotopic (exact) mass is 434 g/mol. The molecule has 3 rings (SSSR count). The molecule has 31 heavy (non-hydrogen) atoms. The van der Waals surface area contributed by atoms with E-state index < -0.39 is 6.61 Å². The van der Waals surface area contributed by atoms with Crippen LogP contribution in [0.4, 0.5) is 8.78 Å². The van der Waals surface area contributed by atoms with Crippen LogP contribution in [0.25, 0.3) is 0 Å². The number of nitrogens with zero attached hydrogens (tertiary/aromatic N) is 1. The highest BCUT2D eigenvalue weighted by Gasteiger charge is 2.20. The summed E-state index contributed by atoms with van der Waals surface area (Å²) >= 11 is 0. The molecule has 1 amide bonds. The molecule has 0 radical (unpaired) electrons. The Labute approximate surface area is 178 Å². The Balaban J connectivity index is 1.59. The van der Waals surface area contributed by atoms with Crippen LogP contribution in [-0.4, -0.2) is 38.9 Å². The molecule has 1 aliphatic heterocycles. The van der Waals surface area contributed by atoms with E-state index in [4.69, 9.17) is 9.47 Å². The fourth-order valence-corrected chi connectivity index (χ4v) is 2.93. The van der Waals surface area contributed by atoms with Gasteiger partial charge in [-0.3, -0.25) is 9.79 Å². The Kier molecular flexibility index (Phi) is 7.47. The second-order valence-electron chi connectivity index (χ2n) is 6.53. The van der Waals surface area contributed by atoms with Crippen molar-refractivity contribution in [2.75, 3.05) is 20.4 Å². The maximum absolute atomic E-state index is 12.8. The average molecular weight is 434 g/mol. The number of hydrogen-bond acceptors (Lipinski definition) is 5. The molecule has 0 aliphatic carbocycles. The summed E-state index contributed by atoms with van der Waals surface area (Å²) < 4.78 is 40.7. The SMILES string of the molecule is CCNC(=O)c1ccc(CNC(=NC)NCc2cc3c(cc2OC(F)F)OCO3)cc1. The van der Waals surface area contributed by atoms with Gasteiger partial charge in [-0.25, -0.2) is 0 Å². The molecule has 0 aromatic heterocycles. The molecule has 0 unspecified atom stereocenters. The van der Waals surface area contributed by atoms with E-state index in [1.54, 1.807) is 25.2 Å². The number of guanidine groups is 1. The lowest BCUT2D eigenvalue weighted by atomic mass is 10.1. The van der Waals surface area contributed by atoms with E-state index in [9.17, 15) is 13.6 Å².